The molecule has 1 saturated heterocycles. The number of nitrogens with one attached hydrogen (secondary N) is 1. The molecule has 0 spiro atoms. The standard InChI is InChI=1S/C22H30N4O3/c27-22(23-19-9-5-2-6-10-19)26-13-11-18(15-26)21-24-20(25-29-21)12-14-28-16-17-7-3-1-4-8-17/h1,3-4,7-8,18-19H,2,5-6,9-16H2,(H,23,27). The van der Waals surface area contributed by atoms with Gasteiger partial charge in [0.05, 0.1) is 19.1 Å². The van der Waals surface area contributed by atoms with Crippen LogP contribution in [0.2, 0.25) is 0 Å². The van der Waals surface area contributed by atoms with Gasteiger partial charge in [-0.2, -0.15) is 4.98 Å². The number of carbonyl (C=O) groups is 1. The molecule has 1 aliphatic carbocycles. The number of ether oxygens (including phenoxy) is 1. The lowest BCUT2D eigenvalue weighted by Crippen LogP contribution is -2.44. The molecule has 1 aromatic carbocycles. The maximum Gasteiger partial charge on any atom is 0.317 e. The van der Waals surface area contributed by atoms with Crippen LogP contribution in [0.4, 0.5) is 4.79 Å². The van der Waals surface area contributed by atoms with Crippen LogP contribution in [0.15, 0.2) is 34.9 Å². The van der Waals surface area contributed by atoms with Crippen molar-refractivity contribution in [3.05, 3.63) is 47.6 Å². The van der Waals surface area contributed by atoms with E-state index in [4.69, 9.17) is 9.26 Å². The van der Waals surface area contributed by atoms with Crippen molar-refractivity contribution in [3.63, 3.8) is 0 Å². The number of likely N-dealkylation sites (tertiary alicyclic amines) is 1. The summed E-state index contributed by atoms with van der Waals surface area (Å²) in [5.74, 6) is 1.42. The fourth-order valence-electron chi connectivity index (χ4n) is 4.12. The minimum atomic E-state index is 0.0495. The Kier molecular flexibility index (Phi) is 6.77. The molecular weight excluding hydrogens is 368 g/mol. The predicted molar refractivity (Wildman–Crippen MR) is 108 cm³/mol. The van der Waals surface area contributed by atoms with Crippen LogP contribution in [0, 0.1) is 0 Å². The number of rotatable bonds is 7. The largest absolute Gasteiger partial charge is 0.376 e. The second-order valence-electron chi connectivity index (χ2n) is 8.05. The van der Waals surface area contributed by atoms with Gasteiger partial charge in [-0.3, -0.25) is 0 Å². The molecule has 2 aromatic rings. The van der Waals surface area contributed by atoms with Gasteiger partial charge in [0.1, 0.15) is 0 Å². The first kappa shape index (κ1) is 19.9. The molecule has 1 N–H and O–H groups in total. The van der Waals surface area contributed by atoms with E-state index in [1.807, 2.05) is 35.2 Å². The molecule has 1 saturated carbocycles. The molecule has 0 bridgehead atoms. The molecule has 0 radical (unpaired) electrons. The first-order valence-corrected chi connectivity index (χ1v) is 10.8. The quantitative estimate of drug-likeness (QED) is 0.720. The van der Waals surface area contributed by atoms with E-state index in [0.717, 1.165) is 31.4 Å². The number of nitrogens with zero attached hydrogens (tertiary/aromatic N) is 3. The van der Waals surface area contributed by atoms with E-state index in [1.165, 1.54) is 19.3 Å². The second-order valence-corrected chi connectivity index (χ2v) is 8.05. The highest BCUT2D eigenvalue weighted by Crippen LogP contribution is 2.26. The average Bonchev–Trinajstić information content (AvgIpc) is 3.42. The van der Waals surface area contributed by atoms with Crippen LogP contribution in [0.5, 0.6) is 0 Å². The van der Waals surface area contributed by atoms with Gasteiger partial charge in [0.2, 0.25) is 5.89 Å². The Morgan fingerprint density at radius 2 is 2.00 bits per heavy atom. The highest BCUT2D eigenvalue weighted by molar-refractivity contribution is 5.75. The van der Waals surface area contributed by atoms with Crippen molar-refractivity contribution < 1.29 is 14.1 Å². The minimum absolute atomic E-state index is 0.0495. The summed E-state index contributed by atoms with van der Waals surface area (Å²) in [7, 11) is 0. The van der Waals surface area contributed by atoms with Gasteiger partial charge < -0.3 is 19.5 Å². The number of urea groups is 1. The van der Waals surface area contributed by atoms with E-state index in [9.17, 15) is 4.79 Å². The summed E-state index contributed by atoms with van der Waals surface area (Å²) in [6.45, 7) is 2.51. The van der Waals surface area contributed by atoms with Crippen molar-refractivity contribution in [2.45, 2.75) is 63.5 Å². The molecule has 4 rings (SSSR count). The van der Waals surface area contributed by atoms with Crippen molar-refractivity contribution in [1.82, 2.24) is 20.4 Å². The Morgan fingerprint density at radius 3 is 2.83 bits per heavy atom. The maximum absolute atomic E-state index is 12.5. The lowest BCUT2D eigenvalue weighted by molar-refractivity contribution is 0.122. The fraction of sp³-hybridized carbons (Fsp3) is 0.591. The van der Waals surface area contributed by atoms with Gasteiger partial charge in [0.15, 0.2) is 5.82 Å². The average molecular weight is 399 g/mol. The lowest BCUT2D eigenvalue weighted by Gasteiger charge is -2.26. The zero-order valence-corrected chi connectivity index (χ0v) is 16.9. The summed E-state index contributed by atoms with van der Waals surface area (Å²) in [5, 5.41) is 7.27. The second kappa shape index (κ2) is 9.87. The number of hydrogen-bond donors (Lipinski definition) is 1. The van der Waals surface area contributed by atoms with Crippen molar-refractivity contribution in [1.29, 1.82) is 0 Å². The number of aromatic nitrogens is 2. The summed E-state index contributed by atoms with van der Waals surface area (Å²) < 4.78 is 11.2. The third-order valence-corrected chi connectivity index (χ3v) is 5.82. The first-order chi connectivity index (χ1) is 14.3. The number of amides is 2. The van der Waals surface area contributed by atoms with Gasteiger partial charge in [-0.15, -0.1) is 0 Å². The van der Waals surface area contributed by atoms with Crippen molar-refractivity contribution in [2.24, 2.45) is 0 Å². The highest BCUT2D eigenvalue weighted by Gasteiger charge is 2.32. The molecule has 7 nitrogen and oxygen atoms in total. The molecule has 1 aliphatic heterocycles. The summed E-state index contributed by atoms with van der Waals surface area (Å²) >= 11 is 0. The highest BCUT2D eigenvalue weighted by atomic mass is 16.5. The van der Waals surface area contributed by atoms with Gasteiger partial charge in [-0.05, 0) is 24.8 Å². The Bertz CT molecular complexity index is 773. The van der Waals surface area contributed by atoms with Gasteiger partial charge in [-0.25, -0.2) is 4.79 Å². The van der Waals surface area contributed by atoms with Gasteiger partial charge in [0.25, 0.3) is 0 Å². The van der Waals surface area contributed by atoms with Crippen LogP contribution in [0.3, 0.4) is 0 Å². The number of benzene rings is 1. The maximum atomic E-state index is 12.5. The molecule has 2 heterocycles. The fourth-order valence-corrected chi connectivity index (χ4v) is 4.12. The van der Waals surface area contributed by atoms with Crippen molar-refractivity contribution in [3.8, 4) is 0 Å². The van der Waals surface area contributed by atoms with E-state index in [0.29, 0.717) is 43.9 Å². The van der Waals surface area contributed by atoms with E-state index >= 15 is 0 Å². The first-order valence-electron chi connectivity index (χ1n) is 10.8. The van der Waals surface area contributed by atoms with E-state index in [1.54, 1.807) is 0 Å². The summed E-state index contributed by atoms with van der Waals surface area (Å²) in [4.78, 5) is 18.9. The van der Waals surface area contributed by atoms with Crippen LogP contribution in [0.1, 0.15) is 61.7 Å². The molecule has 156 valence electrons. The van der Waals surface area contributed by atoms with Crippen LogP contribution in [-0.4, -0.2) is 46.8 Å². The number of hydrogen-bond acceptors (Lipinski definition) is 5. The predicted octanol–water partition coefficient (Wildman–Crippen LogP) is 3.66. The normalized spacial score (nSPS) is 20.1. The van der Waals surface area contributed by atoms with E-state index in [2.05, 4.69) is 15.5 Å². The van der Waals surface area contributed by atoms with Crippen LogP contribution >= 0.6 is 0 Å². The van der Waals surface area contributed by atoms with Gasteiger partial charge in [-0.1, -0.05) is 54.8 Å². The zero-order chi connectivity index (χ0) is 19.9. The molecule has 7 heteroatoms. The third-order valence-electron chi connectivity index (χ3n) is 5.82. The molecule has 2 fully saturated rings. The van der Waals surface area contributed by atoms with Crippen LogP contribution in [0.25, 0.3) is 0 Å². The number of carbonyl (C=O) groups excluding carboxylic acids is 1. The molecule has 29 heavy (non-hydrogen) atoms. The Balaban J connectivity index is 1.19. The Labute approximate surface area is 171 Å². The Morgan fingerprint density at radius 1 is 1.17 bits per heavy atom. The molecule has 1 aromatic heterocycles. The SMILES string of the molecule is O=C(NC1CCCCC1)N1CCC(c2nc(CCOCc3ccccc3)no2)C1. The zero-order valence-electron chi connectivity index (χ0n) is 16.9. The monoisotopic (exact) mass is 398 g/mol. The smallest absolute Gasteiger partial charge is 0.317 e. The van der Waals surface area contributed by atoms with E-state index in [-0.39, 0.29) is 11.9 Å². The molecule has 2 aliphatic rings. The van der Waals surface area contributed by atoms with E-state index < -0.39 is 0 Å². The summed E-state index contributed by atoms with van der Waals surface area (Å²) in [5.41, 5.74) is 1.15. The third kappa shape index (κ3) is 5.56. The summed E-state index contributed by atoms with van der Waals surface area (Å²) in [6, 6.07) is 10.5. The topological polar surface area (TPSA) is 80.5 Å². The van der Waals surface area contributed by atoms with Crippen molar-refractivity contribution >= 4 is 6.03 Å². The molecule has 2 amide bonds. The molecule has 1 unspecified atom stereocenters. The van der Waals surface area contributed by atoms with Crippen LogP contribution in [-0.2, 0) is 17.8 Å². The van der Waals surface area contributed by atoms with Gasteiger partial charge >= 0.3 is 6.03 Å². The lowest BCUT2D eigenvalue weighted by atomic mass is 9.96. The van der Waals surface area contributed by atoms with Crippen molar-refractivity contribution in [2.75, 3.05) is 19.7 Å². The van der Waals surface area contributed by atoms with Crippen LogP contribution < -0.4 is 5.32 Å². The molecule has 1 atom stereocenters. The minimum Gasteiger partial charge on any atom is -0.376 e. The molecular formula is C22H30N4O3. The Hall–Kier alpha value is -2.41. The van der Waals surface area contributed by atoms with Gasteiger partial charge in [0, 0.05) is 25.6 Å². The summed E-state index contributed by atoms with van der Waals surface area (Å²) in [6.07, 6.45) is 7.40.